The first-order valence-corrected chi connectivity index (χ1v) is 4.23. The van der Waals surface area contributed by atoms with E-state index in [1.807, 2.05) is 6.92 Å². The van der Waals surface area contributed by atoms with E-state index in [0.717, 1.165) is 0 Å². The highest BCUT2D eigenvalue weighted by Gasteiger charge is 2.16. The van der Waals surface area contributed by atoms with Crippen LogP contribution in [0.1, 0.15) is 24.9 Å². The Kier molecular flexibility index (Phi) is 3.37. The highest BCUT2D eigenvalue weighted by atomic mass is 19.1. The first-order valence-electron chi connectivity index (χ1n) is 4.23. The molecule has 1 nitrogen and oxygen atoms in total. The Morgan fingerprint density at radius 3 is 2.23 bits per heavy atom. The summed E-state index contributed by atoms with van der Waals surface area (Å²) >= 11 is 0. The third-order valence-corrected chi connectivity index (χ3v) is 2.03. The molecule has 0 bridgehead atoms. The Bertz CT molecular complexity index is 262. The Morgan fingerprint density at radius 2 is 1.85 bits per heavy atom. The van der Waals surface area contributed by atoms with Gasteiger partial charge in [-0.15, -0.1) is 0 Å². The molecule has 1 aromatic carbocycles. The zero-order valence-electron chi connectivity index (χ0n) is 7.72. The van der Waals surface area contributed by atoms with Gasteiger partial charge in [-0.25, -0.2) is 14.1 Å². The van der Waals surface area contributed by atoms with Gasteiger partial charge in [0.05, 0.1) is 6.04 Å². The van der Waals surface area contributed by atoms with Gasteiger partial charge in [0.25, 0.3) is 0 Å². The zero-order valence-corrected chi connectivity index (χ0v) is 7.72. The van der Waals surface area contributed by atoms with Crippen LogP contribution in [0.25, 0.3) is 0 Å². The monoisotopic (exact) mass is 184 g/mol. The molecule has 1 aromatic rings. The fourth-order valence-corrected chi connectivity index (χ4v) is 1.34. The molecule has 0 aromatic heterocycles. The van der Waals surface area contributed by atoms with Crippen molar-refractivity contribution in [2.24, 2.45) is 0 Å². The van der Waals surface area contributed by atoms with Crippen LogP contribution in [0.4, 0.5) is 8.78 Å². The lowest BCUT2D eigenvalue weighted by molar-refractivity contribution is 0.478. The van der Waals surface area contributed by atoms with Gasteiger partial charge in [-0.3, -0.25) is 0 Å². The molecule has 0 fully saturated rings. The second-order valence-electron chi connectivity index (χ2n) is 2.82. The maximum atomic E-state index is 13.2. The molecular formula is C10H12F2N. The third kappa shape index (κ3) is 2.04. The average Bonchev–Trinajstić information content (AvgIpc) is 2.11. The lowest BCUT2D eigenvalue weighted by Gasteiger charge is -2.13. The van der Waals surface area contributed by atoms with Crippen LogP contribution >= 0.6 is 0 Å². The summed E-state index contributed by atoms with van der Waals surface area (Å²) in [5.41, 5.74) is 0.0764. The van der Waals surface area contributed by atoms with Crippen LogP contribution in [0.15, 0.2) is 18.2 Å². The number of halogens is 2. The van der Waals surface area contributed by atoms with Crippen molar-refractivity contribution < 1.29 is 8.78 Å². The van der Waals surface area contributed by atoms with Crippen LogP contribution in [0.2, 0.25) is 0 Å². The van der Waals surface area contributed by atoms with Gasteiger partial charge < -0.3 is 0 Å². The Morgan fingerprint density at radius 1 is 1.31 bits per heavy atom. The van der Waals surface area contributed by atoms with Gasteiger partial charge in [0.15, 0.2) is 0 Å². The first-order chi connectivity index (χ1) is 6.20. The SMILES string of the molecule is CC[C@@H]([N]C)c1c(F)cccc1F. The molecule has 13 heavy (non-hydrogen) atoms. The van der Waals surface area contributed by atoms with Crippen LogP contribution in [0, 0.1) is 11.6 Å². The van der Waals surface area contributed by atoms with Gasteiger partial charge in [-0.2, -0.15) is 0 Å². The number of hydrogen-bond donors (Lipinski definition) is 0. The molecule has 0 heterocycles. The van der Waals surface area contributed by atoms with E-state index in [1.165, 1.54) is 18.2 Å². The lowest BCUT2D eigenvalue weighted by Crippen LogP contribution is -2.12. The van der Waals surface area contributed by atoms with E-state index >= 15 is 0 Å². The molecule has 1 atom stereocenters. The molecule has 0 unspecified atom stereocenters. The maximum Gasteiger partial charge on any atom is 0.130 e. The summed E-state index contributed by atoms with van der Waals surface area (Å²) in [6.45, 7) is 1.85. The number of nitrogens with zero attached hydrogens (tertiary/aromatic N) is 1. The van der Waals surface area contributed by atoms with Crippen LogP contribution < -0.4 is 5.32 Å². The molecular weight excluding hydrogens is 172 g/mol. The van der Waals surface area contributed by atoms with Gasteiger partial charge in [-0.1, -0.05) is 13.0 Å². The van der Waals surface area contributed by atoms with E-state index in [9.17, 15) is 8.78 Å². The molecule has 0 aliphatic rings. The number of rotatable bonds is 3. The Balaban J connectivity index is 3.10. The van der Waals surface area contributed by atoms with Crippen molar-refractivity contribution >= 4 is 0 Å². The van der Waals surface area contributed by atoms with Crippen molar-refractivity contribution in [2.45, 2.75) is 19.4 Å². The van der Waals surface area contributed by atoms with Crippen molar-refractivity contribution in [3.63, 3.8) is 0 Å². The Labute approximate surface area is 76.8 Å². The van der Waals surface area contributed by atoms with E-state index in [2.05, 4.69) is 5.32 Å². The molecule has 0 aliphatic heterocycles. The van der Waals surface area contributed by atoms with Crippen LogP contribution in [-0.4, -0.2) is 7.05 Å². The Hall–Kier alpha value is -0.960. The molecule has 1 radical (unpaired) electrons. The first kappa shape index (κ1) is 10.1. The second-order valence-corrected chi connectivity index (χ2v) is 2.82. The van der Waals surface area contributed by atoms with E-state index in [-0.39, 0.29) is 11.6 Å². The van der Waals surface area contributed by atoms with Crippen molar-refractivity contribution in [2.75, 3.05) is 7.05 Å². The highest BCUT2D eigenvalue weighted by Crippen LogP contribution is 2.23. The number of benzene rings is 1. The lowest BCUT2D eigenvalue weighted by atomic mass is 10.0. The molecule has 0 spiro atoms. The van der Waals surface area contributed by atoms with Gasteiger partial charge in [0, 0.05) is 12.6 Å². The summed E-state index contributed by atoms with van der Waals surface area (Å²) in [5, 5.41) is 3.92. The van der Waals surface area contributed by atoms with Gasteiger partial charge in [0.1, 0.15) is 11.6 Å². The second kappa shape index (κ2) is 4.33. The van der Waals surface area contributed by atoms with Crippen LogP contribution in [-0.2, 0) is 0 Å². The van der Waals surface area contributed by atoms with Crippen LogP contribution in [0.5, 0.6) is 0 Å². The summed E-state index contributed by atoms with van der Waals surface area (Å²) in [5.74, 6) is -1.03. The summed E-state index contributed by atoms with van der Waals surface area (Å²) in [4.78, 5) is 0. The number of hydrogen-bond acceptors (Lipinski definition) is 0. The normalized spacial score (nSPS) is 12.9. The minimum atomic E-state index is -0.516. The largest absolute Gasteiger partial charge is 0.237 e. The molecule has 1 rings (SSSR count). The van der Waals surface area contributed by atoms with E-state index in [1.54, 1.807) is 7.05 Å². The molecule has 0 N–H and O–H groups in total. The standard InChI is InChI=1S/C10H12F2N/c1-3-9(13-2)10-7(11)5-4-6-8(10)12/h4-6,9H,3H2,1-2H3/t9-/m1/s1. The topological polar surface area (TPSA) is 14.1 Å². The van der Waals surface area contributed by atoms with Crippen molar-refractivity contribution in [1.82, 2.24) is 5.32 Å². The summed E-state index contributed by atoms with van der Waals surface area (Å²) in [6, 6.07) is 3.50. The molecule has 0 amide bonds. The maximum absolute atomic E-state index is 13.2. The van der Waals surface area contributed by atoms with E-state index in [4.69, 9.17) is 0 Å². The van der Waals surface area contributed by atoms with Crippen LogP contribution in [0.3, 0.4) is 0 Å². The fourth-order valence-electron chi connectivity index (χ4n) is 1.34. The molecule has 0 saturated heterocycles. The fraction of sp³-hybridized carbons (Fsp3) is 0.400. The van der Waals surface area contributed by atoms with Gasteiger partial charge >= 0.3 is 0 Å². The summed E-state index contributed by atoms with van der Waals surface area (Å²) in [6.07, 6.45) is 0.606. The highest BCUT2D eigenvalue weighted by molar-refractivity contribution is 5.23. The van der Waals surface area contributed by atoms with Gasteiger partial charge in [-0.05, 0) is 18.6 Å². The summed E-state index contributed by atoms with van der Waals surface area (Å²) < 4.78 is 26.3. The van der Waals surface area contributed by atoms with Crippen molar-refractivity contribution in [3.05, 3.63) is 35.4 Å². The molecule has 71 valence electrons. The third-order valence-electron chi connectivity index (χ3n) is 2.03. The average molecular weight is 184 g/mol. The zero-order chi connectivity index (χ0) is 9.84. The molecule has 3 heteroatoms. The predicted molar refractivity (Wildman–Crippen MR) is 47.4 cm³/mol. The van der Waals surface area contributed by atoms with E-state index < -0.39 is 11.6 Å². The minimum absolute atomic E-state index is 0.0764. The van der Waals surface area contributed by atoms with Gasteiger partial charge in [0.2, 0.25) is 0 Å². The quantitative estimate of drug-likeness (QED) is 0.685. The minimum Gasteiger partial charge on any atom is -0.237 e. The molecule has 0 saturated carbocycles. The molecule has 0 aliphatic carbocycles. The van der Waals surface area contributed by atoms with Crippen molar-refractivity contribution in [1.29, 1.82) is 0 Å². The predicted octanol–water partition coefficient (Wildman–Crippen LogP) is 2.65. The van der Waals surface area contributed by atoms with Crippen molar-refractivity contribution in [3.8, 4) is 0 Å². The smallest absolute Gasteiger partial charge is 0.130 e. The summed E-state index contributed by atoms with van der Waals surface area (Å²) in [7, 11) is 1.57. The van der Waals surface area contributed by atoms with E-state index in [0.29, 0.717) is 6.42 Å².